The minimum atomic E-state index is -0.749. The molecule has 0 radical (unpaired) electrons. The zero-order chi connectivity index (χ0) is 11.4. The van der Waals surface area contributed by atoms with Crippen molar-refractivity contribution < 1.29 is 23.4 Å². The molecule has 0 spiro atoms. The second-order valence-corrected chi connectivity index (χ2v) is 3.26. The van der Waals surface area contributed by atoms with Gasteiger partial charge in [-0.3, -0.25) is 0 Å². The third kappa shape index (κ3) is 2.56. The maximum Gasteiger partial charge on any atom is 0.343 e. The van der Waals surface area contributed by atoms with E-state index in [9.17, 15) is 9.18 Å². The molecule has 1 atom stereocenters. The summed E-state index contributed by atoms with van der Waals surface area (Å²) in [5.74, 6) is -1.35. The molecule has 5 heteroatoms. The lowest BCUT2D eigenvalue weighted by molar-refractivity contribution is -0.186. The van der Waals surface area contributed by atoms with Crippen LogP contribution in [0.25, 0.3) is 0 Å². The Morgan fingerprint density at radius 2 is 2.19 bits per heavy atom. The SMILES string of the molecule is O=C(O[C@H]1COCCO1)c1ccccc1F. The first-order valence-corrected chi connectivity index (χ1v) is 4.92. The molecule has 1 fully saturated rings. The van der Waals surface area contributed by atoms with Gasteiger partial charge in [0, 0.05) is 0 Å². The summed E-state index contributed by atoms with van der Waals surface area (Å²) in [6.45, 7) is 1.03. The molecule has 1 heterocycles. The van der Waals surface area contributed by atoms with E-state index in [0.29, 0.717) is 13.2 Å². The lowest BCUT2D eigenvalue weighted by atomic mass is 10.2. The van der Waals surface area contributed by atoms with Crippen LogP contribution in [0.1, 0.15) is 10.4 Å². The first-order chi connectivity index (χ1) is 7.77. The fourth-order valence-corrected chi connectivity index (χ4v) is 1.34. The van der Waals surface area contributed by atoms with Gasteiger partial charge in [0.1, 0.15) is 12.4 Å². The number of benzene rings is 1. The highest BCUT2D eigenvalue weighted by Crippen LogP contribution is 2.11. The summed E-state index contributed by atoms with van der Waals surface area (Å²) in [5, 5.41) is 0. The van der Waals surface area contributed by atoms with Crippen molar-refractivity contribution in [2.24, 2.45) is 0 Å². The first kappa shape index (κ1) is 11.0. The van der Waals surface area contributed by atoms with Gasteiger partial charge in [-0.15, -0.1) is 0 Å². The van der Waals surface area contributed by atoms with E-state index in [0.717, 1.165) is 0 Å². The van der Waals surface area contributed by atoms with Gasteiger partial charge in [0.2, 0.25) is 6.29 Å². The van der Waals surface area contributed by atoms with Crippen LogP contribution in [0.2, 0.25) is 0 Å². The van der Waals surface area contributed by atoms with Crippen LogP contribution in [0.5, 0.6) is 0 Å². The van der Waals surface area contributed by atoms with Crippen molar-refractivity contribution in [1.82, 2.24) is 0 Å². The molecule has 1 saturated heterocycles. The molecule has 2 rings (SSSR count). The third-order valence-electron chi connectivity index (χ3n) is 2.12. The Morgan fingerprint density at radius 1 is 1.38 bits per heavy atom. The maximum absolute atomic E-state index is 13.2. The Kier molecular flexibility index (Phi) is 3.48. The molecular formula is C11H11FO4. The largest absolute Gasteiger partial charge is 0.429 e. The molecule has 1 aromatic carbocycles. The first-order valence-electron chi connectivity index (χ1n) is 4.92. The van der Waals surface area contributed by atoms with Gasteiger partial charge in [-0.1, -0.05) is 12.1 Å². The van der Waals surface area contributed by atoms with Crippen molar-refractivity contribution in [2.75, 3.05) is 19.8 Å². The number of esters is 1. The molecule has 0 aromatic heterocycles. The van der Waals surface area contributed by atoms with Crippen molar-refractivity contribution in [2.45, 2.75) is 6.29 Å². The number of ether oxygens (including phenoxy) is 3. The van der Waals surface area contributed by atoms with Crippen molar-refractivity contribution in [3.05, 3.63) is 35.6 Å². The van der Waals surface area contributed by atoms with E-state index in [-0.39, 0.29) is 12.2 Å². The van der Waals surface area contributed by atoms with Crippen LogP contribution in [-0.4, -0.2) is 32.1 Å². The monoisotopic (exact) mass is 226 g/mol. The average Bonchev–Trinajstić information content (AvgIpc) is 2.31. The quantitative estimate of drug-likeness (QED) is 0.714. The van der Waals surface area contributed by atoms with Crippen LogP contribution in [0.15, 0.2) is 24.3 Å². The predicted molar refractivity (Wildman–Crippen MR) is 52.4 cm³/mol. The van der Waals surface area contributed by atoms with Crippen molar-refractivity contribution >= 4 is 5.97 Å². The summed E-state index contributed by atoms with van der Waals surface area (Å²) >= 11 is 0. The van der Waals surface area contributed by atoms with Crippen LogP contribution < -0.4 is 0 Å². The number of carbonyl (C=O) groups is 1. The molecule has 1 aliphatic rings. The van der Waals surface area contributed by atoms with Crippen LogP contribution in [-0.2, 0) is 14.2 Å². The minimum absolute atomic E-state index is 0.100. The molecule has 86 valence electrons. The second-order valence-electron chi connectivity index (χ2n) is 3.26. The van der Waals surface area contributed by atoms with Crippen LogP contribution in [0, 0.1) is 5.82 Å². The topological polar surface area (TPSA) is 44.8 Å². The standard InChI is InChI=1S/C11H11FO4/c12-9-4-2-1-3-8(9)11(13)16-10-7-14-5-6-15-10/h1-4,10H,5-7H2/t10-/m0/s1. The number of rotatable bonds is 2. The van der Waals surface area contributed by atoms with E-state index in [2.05, 4.69) is 0 Å². The number of hydrogen-bond acceptors (Lipinski definition) is 4. The van der Waals surface area contributed by atoms with Gasteiger partial charge in [-0.2, -0.15) is 0 Å². The summed E-state index contributed by atoms with van der Waals surface area (Å²) in [4.78, 5) is 11.5. The molecule has 4 nitrogen and oxygen atoms in total. The molecule has 0 N–H and O–H groups in total. The normalized spacial score (nSPS) is 20.4. The molecule has 1 aromatic rings. The fourth-order valence-electron chi connectivity index (χ4n) is 1.34. The van der Waals surface area contributed by atoms with E-state index in [4.69, 9.17) is 14.2 Å². The van der Waals surface area contributed by atoms with Gasteiger partial charge >= 0.3 is 5.97 Å². The smallest absolute Gasteiger partial charge is 0.343 e. The molecule has 0 bridgehead atoms. The zero-order valence-electron chi connectivity index (χ0n) is 8.52. The number of carbonyl (C=O) groups excluding carboxylic acids is 1. The summed E-state index contributed by atoms with van der Waals surface area (Å²) in [6, 6.07) is 5.64. The van der Waals surface area contributed by atoms with E-state index < -0.39 is 18.1 Å². The second kappa shape index (κ2) is 5.05. The number of hydrogen-bond donors (Lipinski definition) is 0. The highest BCUT2D eigenvalue weighted by molar-refractivity contribution is 5.89. The highest BCUT2D eigenvalue weighted by Gasteiger charge is 2.21. The van der Waals surface area contributed by atoms with Gasteiger partial charge in [0.25, 0.3) is 0 Å². The summed E-state index contributed by atoms with van der Waals surface area (Å²) in [5.41, 5.74) is -0.100. The predicted octanol–water partition coefficient (Wildman–Crippen LogP) is 1.36. The van der Waals surface area contributed by atoms with Crippen molar-refractivity contribution in [3.8, 4) is 0 Å². The molecule has 0 amide bonds. The Balaban J connectivity index is 2.00. The fraction of sp³-hybridized carbons (Fsp3) is 0.364. The van der Waals surface area contributed by atoms with Gasteiger partial charge in [0.05, 0.1) is 18.8 Å². The van der Waals surface area contributed by atoms with E-state index in [1.54, 1.807) is 6.07 Å². The Hall–Kier alpha value is -1.46. The van der Waals surface area contributed by atoms with Gasteiger partial charge in [-0.25, -0.2) is 9.18 Å². The van der Waals surface area contributed by atoms with Crippen molar-refractivity contribution in [3.63, 3.8) is 0 Å². The Labute approximate surface area is 91.9 Å². The van der Waals surface area contributed by atoms with Gasteiger partial charge in [0.15, 0.2) is 0 Å². The molecular weight excluding hydrogens is 215 g/mol. The van der Waals surface area contributed by atoms with E-state index >= 15 is 0 Å². The molecule has 0 saturated carbocycles. The Morgan fingerprint density at radius 3 is 2.88 bits per heavy atom. The third-order valence-corrected chi connectivity index (χ3v) is 2.12. The molecule has 0 aliphatic carbocycles. The van der Waals surface area contributed by atoms with Crippen LogP contribution in [0.3, 0.4) is 0 Å². The molecule has 1 aliphatic heterocycles. The Bertz CT molecular complexity index is 374. The zero-order valence-corrected chi connectivity index (χ0v) is 8.52. The van der Waals surface area contributed by atoms with Crippen molar-refractivity contribution in [1.29, 1.82) is 0 Å². The van der Waals surface area contributed by atoms with Crippen LogP contribution in [0.4, 0.5) is 4.39 Å². The minimum Gasteiger partial charge on any atom is -0.429 e. The lowest BCUT2D eigenvalue weighted by Crippen LogP contribution is -2.33. The summed E-state index contributed by atoms with van der Waals surface area (Å²) in [7, 11) is 0. The average molecular weight is 226 g/mol. The highest BCUT2D eigenvalue weighted by atomic mass is 19.1. The van der Waals surface area contributed by atoms with E-state index in [1.165, 1.54) is 18.2 Å². The van der Waals surface area contributed by atoms with Gasteiger partial charge < -0.3 is 14.2 Å². The van der Waals surface area contributed by atoms with Crippen LogP contribution >= 0.6 is 0 Å². The lowest BCUT2D eigenvalue weighted by Gasteiger charge is -2.22. The maximum atomic E-state index is 13.2. The van der Waals surface area contributed by atoms with E-state index in [1.807, 2.05) is 0 Å². The summed E-state index contributed by atoms with van der Waals surface area (Å²) in [6.07, 6.45) is -0.749. The van der Waals surface area contributed by atoms with Gasteiger partial charge in [-0.05, 0) is 12.1 Å². The molecule has 16 heavy (non-hydrogen) atoms. The number of halogens is 1. The summed E-state index contributed by atoms with van der Waals surface area (Å²) < 4.78 is 28.3. The molecule has 0 unspecified atom stereocenters.